The van der Waals surface area contributed by atoms with E-state index in [1.165, 1.54) is 26.2 Å². The summed E-state index contributed by atoms with van der Waals surface area (Å²) in [5, 5.41) is 2.58. The summed E-state index contributed by atoms with van der Waals surface area (Å²) in [7, 11) is 2.78. The number of benzene rings is 1. The molecule has 4 rings (SSSR count). The lowest BCUT2D eigenvalue weighted by atomic mass is 10.2. The van der Waals surface area contributed by atoms with Crippen molar-refractivity contribution in [3.63, 3.8) is 0 Å². The first-order valence-corrected chi connectivity index (χ1v) is 9.40. The van der Waals surface area contributed by atoms with E-state index in [9.17, 15) is 23.2 Å². The van der Waals surface area contributed by atoms with Crippen molar-refractivity contribution in [2.24, 2.45) is 14.1 Å². The third kappa shape index (κ3) is 3.23. The molecule has 0 spiro atoms. The maximum absolute atomic E-state index is 14.5. The van der Waals surface area contributed by atoms with E-state index in [2.05, 4.69) is 10.3 Å². The Bertz CT molecular complexity index is 1270. The lowest BCUT2D eigenvalue weighted by Crippen LogP contribution is -2.37. The van der Waals surface area contributed by atoms with Crippen molar-refractivity contribution in [3.8, 4) is 0 Å². The number of aromatic nitrogens is 3. The molecule has 0 bridgehead atoms. The molecule has 2 aromatic heterocycles. The van der Waals surface area contributed by atoms with Gasteiger partial charge in [-0.25, -0.2) is 18.6 Å². The molecule has 0 saturated carbocycles. The smallest absolute Gasteiger partial charge is 0.332 e. The highest BCUT2D eigenvalue weighted by atomic mass is 19.1. The van der Waals surface area contributed by atoms with Gasteiger partial charge in [0, 0.05) is 32.9 Å². The normalized spacial score (nSPS) is 13.8. The maximum atomic E-state index is 14.5. The lowest BCUT2D eigenvalue weighted by Gasteiger charge is -2.19. The SMILES string of the molecule is Cn1c(=O)c2ccc(C(=O)Nc3cc(F)c(N4CCCC4)c(F)c3)nc2n(C)c1=O. The maximum Gasteiger partial charge on any atom is 0.332 e. The molecule has 1 saturated heterocycles. The van der Waals surface area contributed by atoms with Crippen LogP contribution >= 0.6 is 0 Å². The zero-order valence-electron chi connectivity index (χ0n) is 16.4. The molecular weight excluding hydrogens is 396 g/mol. The van der Waals surface area contributed by atoms with Gasteiger partial charge in [0.05, 0.1) is 5.39 Å². The Morgan fingerprint density at radius 3 is 2.30 bits per heavy atom. The van der Waals surface area contributed by atoms with Crippen LogP contribution in [0.1, 0.15) is 23.3 Å². The van der Waals surface area contributed by atoms with Crippen LogP contribution in [0.5, 0.6) is 0 Å². The van der Waals surface area contributed by atoms with Crippen LogP contribution in [0.3, 0.4) is 0 Å². The van der Waals surface area contributed by atoms with E-state index in [-0.39, 0.29) is 28.1 Å². The molecule has 156 valence electrons. The quantitative estimate of drug-likeness (QED) is 0.704. The molecule has 0 atom stereocenters. The van der Waals surface area contributed by atoms with Gasteiger partial charge in [-0.05, 0) is 37.1 Å². The lowest BCUT2D eigenvalue weighted by molar-refractivity contribution is 0.102. The minimum atomic E-state index is -0.760. The number of hydrogen-bond acceptors (Lipinski definition) is 5. The van der Waals surface area contributed by atoms with Crippen molar-refractivity contribution in [3.05, 3.63) is 62.4 Å². The number of hydrogen-bond donors (Lipinski definition) is 1. The van der Waals surface area contributed by atoms with E-state index in [0.29, 0.717) is 13.1 Å². The molecule has 3 aromatic rings. The fourth-order valence-corrected chi connectivity index (χ4v) is 3.66. The van der Waals surface area contributed by atoms with Crippen LogP contribution in [0.25, 0.3) is 11.0 Å². The number of nitrogens with zero attached hydrogens (tertiary/aromatic N) is 4. The minimum Gasteiger partial charge on any atom is -0.367 e. The Hall–Kier alpha value is -3.56. The highest BCUT2D eigenvalue weighted by Crippen LogP contribution is 2.29. The van der Waals surface area contributed by atoms with E-state index in [4.69, 9.17) is 0 Å². The second-order valence-electron chi connectivity index (χ2n) is 7.21. The highest BCUT2D eigenvalue weighted by Gasteiger charge is 2.22. The Labute approximate surface area is 169 Å². The van der Waals surface area contributed by atoms with Crippen LogP contribution in [-0.2, 0) is 14.1 Å². The van der Waals surface area contributed by atoms with Crippen molar-refractivity contribution < 1.29 is 13.6 Å². The Morgan fingerprint density at radius 1 is 1.03 bits per heavy atom. The molecular formula is C20H19F2N5O3. The monoisotopic (exact) mass is 415 g/mol. The number of pyridine rings is 1. The second kappa shape index (κ2) is 7.36. The van der Waals surface area contributed by atoms with Crippen molar-refractivity contribution in [1.82, 2.24) is 14.1 Å². The molecule has 8 nitrogen and oxygen atoms in total. The van der Waals surface area contributed by atoms with E-state index in [0.717, 1.165) is 34.1 Å². The average Bonchev–Trinajstić information content (AvgIpc) is 3.24. The van der Waals surface area contributed by atoms with Crippen LogP contribution in [0.15, 0.2) is 33.9 Å². The van der Waals surface area contributed by atoms with E-state index < -0.39 is 28.8 Å². The summed E-state index contributed by atoms with van der Waals surface area (Å²) in [6, 6.07) is 4.81. The molecule has 1 aliphatic heterocycles. The summed E-state index contributed by atoms with van der Waals surface area (Å²) >= 11 is 0. The van der Waals surface area contributed by atoms with Crippen LogP contribution in [0.4, 0.5) is 20.2 Å². The van der Waals surface area contributed by atoms with Crippen LogP contribution < -0.4 is 21.5 Å². The number of halogens is 2. The molecule has 1 fully saturated rings. The van der Waals surface area contributed by atoms with Crippen molar-refractivity contribution in [2.75, 3.05) is 23.3 Å². The fourth-order valence-electron chi connectivity index (χ4n) is 3.66. The van der Waals surface area contributed by atoms with E-state index in [1.54, 1.807) is 4.90 Å². The summed E-state index contributed by atoms with van der Waals surface area (Å²) in [6.45, 7) is 1.16. The molecule has 30 heavy (non-hydrogen) atoms. The first-order valence-electron chi connectivity index (χ1n) is 9.40. The number of aryl methyl sites for hydroxylation is 1. The number of carbonyl (C=O) groups excluding carboxylic acids is 1. The van der Waals surface area contributed by atoms with Crippen molar-refractivity contribution >= 4 is 28.3 Å². The van der Waals surface area contributed by atoms with Crippen molar-refractivity contribution in [1.29, 1.82) is 0 Å². The molecule has 0 aliphatic carbocycles. The first-order chi connectivity index (χ1) is 14.3. The minimum absolute atomic E-state index is 0.0393. The predicted molar refractivity (Wildman–Crippen MR) is 108 cm³/mol. The summed E-state index contributed by atoms with van der Waals surface area (Å²) in [5.41, 5.74) is -1.33. The molecule has 0 radical (unpaired) electrons. The zero-order chi connectivity index (χ0) is 21.6. The Kier molecular flexibility index (Phi) is 4.84. The summed E-state index contributed by atoms with van der Waals surface area (Å²) in [4.78, 5) is 42.6. The summed E-state index contributed by atoms with van der Waals surface area (Å²) in [6.07, 6.45) is 1.74. The van der Waals surface area contributed by atoms with Crippen LogP contribution in [0, 0.1) is 11.6 Å². The number of carbonyl (C=O) groups is 1. The first kappa shape index (κ1) is 19.7. The number of amides is 1. The number of anilines is 2. The van der Waals surface area contributed by atoms with Gasteiger partial charge in [0.25, 0.3) is 11.5 Å². The fraction of sp³-hybridized carbons (Fsp3) is 0.300. The third-order valence-electron chi connectivity index (χ3n) is 5.23. The van der Waals surface area contributed by atoms with E-state index >= 15 is 0 Å². The standard InChI is InChI=1S/C20H19F2N5O3/c1-25-17-12(19(29)26(2)20(25)30)5-6-15(24-17)18(28)23-11-9-13(21)16(14(22)10-11)27-7-3-4-8-27/h5-6,9-10H,3-4,7-8H2,1-2H3,(H,23,28). The van der Waals surface area contributed by atoms with Gasteiger partial charge < -0.3 is 10.2 Å². The van der Waals surface area contributed by atoms with Gasteiger partial charge in [0.15, 0.2) is 11.6 Å². The summed E-state index contributed by atoms with van der Waals surface area (Å²) < 4.78 is 31.1. The van der Waals surface area contributed by atoms with Crippen LogP contribution in [-0.4, -0.2) is 33.1 Å². The Morgan fingerprint density at radius 2 is 1.67 bits per heavy atom. The second-order valence-corrected chi connectivity index (χ2v) is 7.21. The number of fused-ring (bicyclic) bond motifs is 1. The molecule has 1 N–H and O–H groups in total. The summed E-state index contributed by atoms with van der Waals surface area (Å²) in [5.74, 6) is -2.24. The topological polar surface area (TPSA) is 89.2 Å². The molecule has 10 heteroatoms. The van der Waals surface area contributed by atoms with Gasteiger partial charge in [-0.15, -0.1) is 0 Å². The predicted octanol–water partition coefficient (Wildman–Crippen LogP) is 1.76. The average molecular weight is 415 g/mol. The molecule has 1 amide bonds. The number of nitrogens with one attached hydrogen (secondary N) is 1. The van der Waals surface area contributed by atoms with Gasteiger partial charge in [0.1, 0.15) is 17.0 Å². The largest absolute Gasteiger partial charge is 0.367 e. The third-order valence-corrected chi connectivity index (χ3v) is 5.23. The van der Waals surface area contributed by atoms with Gasteiger partial charge >= 0.3 is 5.69 Å². The van der Waals surface area contributed by atoms with Crippen LogP contribution in [0.2, 0.25) is 0 Å². The van der Waals surface area contributed by atoms with Gasteiger partial charge in [-0.3, -0.25) is 18.7 Å². The molecule has 1 aliphatic rings. The van der Waals surface area contributed by atoms with Gasteiger partial charge in [0.2, 0.25) is 0 Å². The van der Waals surface area contributed by atoms with Gasteiger partial charge in [-0.1, -0.05) is 0 Å². The van der Waals surface area contributed by atoms with Crippen molar-refractivity contribution in [2.45, 2.75) is 12.8 Å². The van der Waals surface area contributed by atoms with E-state index in [1.807, 2.05) is 0 Å². The molecule has 1 aromatic carbocycles. The number of rotatable bonds is 3. The Balaban J connectivity index is 1.66. The molecule has 0 unspecified atom stereocenters. The zero-order valence-corrected chi connectivity index (χ0v) is 16.4. The highest BCUT2D eigenvalue weighted by molar-refractivity contribution is 6.04. The van der Waals surface area contributed by atoms with Gasteiger partial charge in [-0.2, -0.15) is 0 Å². The molecule has 3 heterocycles.